The first-order valence-electron chi connectivity index (χ1n) is 11.8. The number of carbonyl (C=O) groups excluding carboxylic acids is 2. The van der Waals surface area contributed by atoms with Crippen molar-refractivity contribution < 1.29 is 14.3 Å². The average molecular weight is 442 g/mol. The Morgan fingerprint density at radius 1 is 1.15 bits per heavy atom. The molecule has 0 amide bonds. The number of hydrogen-bond acceptors (Lipinski definition) is 4. The minimum atomic E-state index is -0.179. The number of Topliss-reactive ketones (excluding diaryl/α,β-unsaturated/α-hetero) is 2. The zero-order valence-electron chi connectivity index (χ0n) is 19.7. The molecule has 1 fully saturated rings. The molecule has 33 heavy (non-hydrogen) atoms. The van der Waals surface area contributed by atoms with Crippen LogP contribution in [-0.4, -0.2) is 29.8 Å². The van der Waals surface area contributed by atoms with Crippen LogP contribution in [0, 0.1) is 37.5 Å². The van der Waals surface area contributed by atoms with Crippen molar-refractivity contribution in [1.29, 1.82) is 0 Å². The lowest BCUT2D eigenvalue weighted by atomic mass is 9.87. The quantitative estimate of drug-likeness (QED) is 0.589. The molecule has 1 aliphatic carbocycles. The first-order chi connectivity index (χ1) is 16.0. The highest BCUT2D eigenvalue weighted by molar-refractivity contribution is 6.26. The summed E-state index contributed by atoms with van der Waals surface area (Å²) >= 11 is 0. The molecule has 1 aliphatic heterocycles. The predicted octanol–water partition coefficient (Wildman–Crippen LogP) is 5.04. The van der Waals surface area contributed by atoms with E-state index in [9.17, 15) is 9.59 Å². The molecule has 2 aliphatic rings. The highest BCUT2D eigenvalue weighted by Gasteiger charge is 2.37. The van der Waals surface area contributed by atoms with E-state index in [0.717, 1.165) is 51.9 Å². The summed E-state index contributed by atoms with van der Waals surface area (Å²) in [5.74, 6) is 6.29. The zero-order chi connectivity index (χ0) is 23.4. The summed E-state index contributed by atoms with van der Waals surface area (Å²) in [6, 6.07) is 9.89. The Morgan fingerprint density at radius 2 is 1.88 bits per heavy atom. The summed E-state index contributed by atoms with van der Waals surface area (Å²) in [5, 5.41) is 0. The van der Waals surface area contributed by atoms with Crippen molar-refractivity contribution in [3.8, 4) is 11.8 Å². The van der Waals surface area contributed by atoms with Crippen LogP contribution in [0.1, 0.15) is 60.6 Å². The molecular formula is C29H31NO3. The Kier molecular flexibility index (Phi) is 7.20. The van der Waals surface area contributed by atoms with E-state index in [1.807, 2.05) is 51.1 Å². The Balaban J connectivity index is 1.70. The van der Waals surface area contributed by atoms with Gasteiger partial charge in [0.15, 0.2) is 5.78 Å². The summed E-state index contributed by atoms with van der Waals surface area (Å²) in [5.41, 5.74) is 6.64. The number of aromatic nitrogens is 1. The number of aryl methyl sites for hydroxylation is 2. The average Bonchev–Trinajstić information content (AvgIpc) is 3.09. The van der Waals surface area contributed by atoms with Crippen molar-refractivity contribution >= 4 is 17.1 Å². The van der Waals surface area contributed by atoms with Gasteiger partial charge in [-0.3, -0.25) is 14.6 Å². The van der Waals surface area contributed by atoms with E-state index in [0.29, 0.717) is 32.5 Å². The van der Waals surface area contributed by atoms with Gasteiger partial charge in [-0.15, -0.1) is 5.92 Å². The van der Waals surface area contributed by atoms with Gasteiger partial charge in [0.2, 0.25) is 0 Å². The normalized spacial score (nSPS) is 18.9. The lowest BCUT2D eigenvalue weighted by Crippen LogP contribution is -2.23. The number of allylic oxidation sites excluding steroid dienone is 2. The Bertz CT molecular complexity index is 1120. The molecule has 1 aromatic heterocycles. The first kappa shape index (κ1) is 23.1. The van der Waals surface area contributed by atoms with Gasteiger partial charge < -0.3 is 4.74 Å². The van der Waals surface area contributed by atoms with Crippen LogP contribution in [0.3, 0.4) is 0 Å². The lowest BCUT2D eigenvalue weighted by molar-refractivity contribution is -0.125. The second-order valence-electron chi connectivity index (χ2n) is 9.16. The van der Waals surface area contributed by atoms with Crippen LogP contribution in [-0.2, 0) is 20.7 Å². The number of nitrogens with zero attached hydrogens (tertiary/aromatic N) is 1. The summed E-state index contributed by atoms with van der Waals surface area (Å²) in [6.07, 6.45) is 4.87. The van der Waals surface area contributed by atoms with Gasteiger partial charge in [0, 0.05) is 60.9 Å². The molecule has 1 atom stereocenters. The molecule has 4 rings (SSSR count). The van der Waals surface area contributed by atoms with E-state index in [1.165, 1.54) is 0 Å². The van der Waals surface area contributed by atoms with Crippen LogP contribution in [0.15, 0.2) is 42.1 Å². The van der Waals surface area contributed by atoms with E-state index < -0.39 is 0 Å². The SMILES string of the molecule is CC#Cc1cc(C)c(C2=C(CC(=O)C3CCOCC3)CC(Cc3ccccn3)C2=O)c(C)c1. The Labute approximate surface area is 196 Å². The number of hydrogen-bond donors (Lipinski definition) is 0. The first-order valence-corrected chi connectivity index (χ1v) is 11.8. The fourth-order valence-corrected chi connectivity index (χ4v) is 5.22. The second-order valence-corrected chi connectivity index (χ2v) is 9.16. The fourth-order valence-electron chi connectivity index (χ4n) is 5.22. The minimum Gasteiger partial charge on any atom is -0.381 e. The van der Waals surface area contributed by atoms with E-state index in [4.69, 9.17) is 4.74 Å². The van der Waals surface area contributed by atoms with Crippen molar-refractivity contribution in [1.82, 2.24) is 4.98 Å². The summed E-state index contributed by atoms with van der Waals surface area (Å²) in [7, 11) is 0. The molecule has 0 bridgehead atoms. The van der Waals surface area contributed by atoms with Gasteiger partial charge in [0.25, 0.3) is 0 Å². The van der Waals surface area contributed by atoms with Crippen molar-refractivity contribution in [3.05, 3.63) is 70.0 Å². The van der Waals surface area contributed by atoms with Gasteiger partial charge in [0.1, 0.15) is 5.78 Å². The van der Waals surface area contributed by atoms with Crippen molar-refractivity contribution in [2.75, 3.05) is 13.2 Å². The van der Waals surface area contributed by atoms with Crippen LogP contribution in [0.2, 0.25) is 0 Å². The molecule has 170 valence electrons. The van der Waals surface area contributed by atoms with E-state index in [-0.39, 0.29) is 23.4 Å². The van der Waals surface area contributed by atoms with Crippen molar-refractivity contribution in [2.45, 2.75) is 52.9 Å². The zero-order valence-corrected chi connectivity index (χ0v) is 19.7. The standard InChI is InChI=1S/C29H31NO3/c1-4-7-21-14-19(2)27(20(3)15-21)28-23(18-26(31)22-9-12-33-13-10-22)16-24(29(28)32)17-25-8-5-6-11-30-25/h5-6,8,11,14-15,22,24H,9-10,12-13,16-18H2,1-3H3. The third-order valence-corrected chi connectivity index (χ3v) is 6.76. The van der Waals surface area contributed by atoms with Crippen LogP contribution in [0.25, 0.3) is 5.57 Å². The maximum Gasteiger partial charge on any atom is 0.167 e. The molecule has 4 nitrogen and oxygen atoms in total. The second kappa shape index (κ2) is 10.3. The third kappa shape index (κ3) is 5.15. The van der Waals surface area contributed by atoms with E-state index >= 15 is 0 Å². The van der Waals surface area contributed by atoms with E-state index in [1.54, 1.807) is 6.20 Å². The molecule has 1 unspecified atom stereocenters. The molecular weight excluding hydrogens is 410 g/mol. The van der Waals surface area contributed by atoms with Crippen LogP contribution >= 0.6 is 0 Å². The number of ketones is 2. The maximum absolute atomic E-state index is 13.7. The van der Waals surface area contributed by atoms with Crippen molar-refractivity contribution in [3.63, 3.8) is 0 Å². The van der Waals surface area contributed by atoms with Crippen LogP contribution in [0.5, 0.6) is 0 Å². The van der Waals surface area contributed by atoms with Crippen LogP contribution < -0.4 is 0 Å². The molecule has 2 heterocycles. The summed E-state index contributed by atoms with van der Waals surface area (Å²) in [4.78, 5) is 31.4. The molecule has 0 saturated carbocycles. The number of benzene rings is 1. The lowest BCUT2D eigenvalue weighted by Gasteiger charge is -2.21. The van der Waals surface area contributed by atoms with Gasteiger partial charge >= 0.3 is 0 Å². The molecule has 2 aromatic rings. The highest BCUT2D eigenvalue weighted by Crippen LogP contribution is 2.41. The third-order valence-electron chi connectivity index (χ3n) is 6.76. The molecule has 1 aromatic carbocycles. The highest BCUT2D eigenvalue weighted by atomic mass is 16.5. The topological polar surface area (TPSA) is 56.3 Å². The smallest absolute Gasteiger partial charge is 0.167 e. The number of rotatable bonds is 6. The number of pyridine rings is 1. The molecule has 0 spiro atoms. The van der Waals surface area contributed by atoms with Gasteiger partial charge in [-0.2, -0.15) is 0 Å². The van der Waals surface area contributed by atoms with Gasteiger partial charge in [-0.05, 0) is 81.0 Å². The van der Waals surface area contributed by atoms with Crippen LogP contribution in [0.4, 0.5) is 0 Å². The molecule has 0 radical (unpaired) electrons. The number of carbonyl (C=O) groups is 2. The fraction of sp³-hybridized carbons (Fsp3) is 0.414. The van der Waals surface area contributed by atoms with Gasteiger partial charge in [0.05, 0.1) is 0 Å². The predicted molar refractivity (Wildman–Crippen MR) is 130 cm³/mol. The van der Waals surface area contributed by atoms with Gasteiger partial charge in [-0.1, -0.05) is 17.6 Å². The Hall–Kier alpha value is -3.03. The largest absolute Gasteiger partial charge is 0.381 e. The summed E-state index contributed by atoms with van der Waals surface area (Å²) in [6.45, 7) is 7.17. The monoisotopic (exact) mass is 441 g/mol. The molecule has 0 N–H and O–H groups in total. The molecule has 1 saturated heterocycles. The Morgan fingerprint density at radius 3 is 2.52 bits per heavy atom. The summed E-state index contributed by atoms with van der Waals surface area (Å²) < 4.78 is 5.44. The number of ether oxygens (including phenoxy) is 1. The molecule has 4 heteroatoms. The van der Waals surface area contributed by atoms with Gasteiger partial charge in [-0.25, -0.2) is 0 Å². The van der Waals surface area contributed by atoms with E-state index in [2.05, 4.69) is 16.8 Å². The van der Waals surface area contributed by atoms with Crippen molar-refractivity contribution in [2.24, 2.45) is 11.8 Å². The maximum atomic E-state index is 13.7. The minimum absolute atomic E-state index is 0.0295.